The molecule has 102 valence electrons. The Balaban J connectivity index is 2.30. The van der Waals surface area contributed by atoms with Crippen molar-refractivity contribution in [2.24, 2.45) is 0 Å². The molecule has 2 aromatic rings. The zero-order chi connectivity index (χ0) is 14.7. The number of pyridine rings is 1. The monoisotopic (exact) mass is 276 g/mol. The van der Waals surface area contributed by atoms with Gasteiger partial charge in [-0.15, -0.1) is 0 Å². The number of nitrogens with one attached hydrogen (secondary N) is 1. The number of hydrogen-bond acceptors (Lipinski definition) is 4. The Morgan fingerprint density at radius 1 is 1.25 bits per heavy atom. The number of carboxylic acid groups (broad SMARTS) is 1. The number of anilines is 1. The molecule has 0 saturated heterocycles. The lowest BCUT2D eigenvalue weighted by Gasteiger charge is -2.08. The Morgan fingerprint density at radius 2 is 2.00 bits per heavy atom. The minimum atomic E-state index is -1.31. The van der Waals surface area contributed by atoms with E-state index in [1.165, 1.54) is 18.3 Å². The van der Waals surface area contributed by atoms with Crippen molar-refractivity contribution in [2.75, 3.05) is 5.32 Å². The number of aromatic carboxylic acids is 1. The molecule has 0 radical (unpaired) electrons. The molecule has 0 bridgehead atoms. The Morgan fingerprint density at radius 3 is 2.65 bits per heavy atom. The van der Waals surface area contributed by atoms with Crippen molar-refractivity contribution in [2.45, 2.75) is 0 Å². The van der Waals surface area contributed by atoms with Crippen LogP contribution >= 0.6 is 0 Å². The molecule has 3 N–H and O–H groups in total. The molecule has 1 aromatic heterocycles. The minimum Gasteiger partial charge on any atom is -0.508 e. The third kappa shape index (κ3) is 2.72. The van der Waals surface area contributed by atoms with Gasteiger partial charge in [-0.1, -0.05) is 0 Å². The summed E-state index contributed by atoms with van der Waals surface area (Å²) in [5, 5.41) is 20.3. The van der Waals surface area contributed by atoms with Gasteiger partial charge in [0, 0.05) is 12.3 Å². The van der Waals surface area contributed by atoms with Gasteiger partial charge in [0.15, 0.2) is 5.69 Å². The highest BCUT2D eigenvalue weighted by Gasteiger charge is 2.17. The Bertz CT molecular complexity index is 688. The molecule has 1 heterocycles. The number of hydrogen-bond donors (Lipinski definition) is 3. The molecule has 1 amide bonds. The second kappa shape index (κ2) is 5.35. The molecule has 0 saturated carbocycles. The van der Waals surface area contributed by atoms with E-state index in [0.29, 0.717) is 0 Å². The molecule has 2 rings (SSSR count). The van der Waals surface area contributed by atoms with Gasteiger partial charge in [-0.05, 0) is 24.3 Å². The number of aromatic nitrogens is 1. The second-order valence-corrected chi connectivity index (χ2v) is 3.82. The van der Waals surface area contributed by atoms with Gasteiger partial charge in [0.2, 0.25) is 0 Å². The van der Waals surface area contributed by atoms with Crippen LogP contribution in [0.1, 0.15) is 20.8 Å². The molecule has 0 aliphatic heterocycles. The zero-order valence-electron chi connectivity index (χ0n) is 10.0. The summed E-state index contributed by atoms with van der Waals surface area (Å²) in [5.41, 5.74) is -0.708. The van der Waals surface area contributed by atoms with E-state index in [1.807, 2.05) is 0 Å². The third-order valence-corrected chi connectivity index (χ3v) is 2.46. The number of nitrogens with zero attached hydrogens (tertiary/aromatic N) is 1. The highest BCUT2D eigenvalue weighted by Crippen LogP contribution is 2.18. The van der Waals surface area contributed by atoms with Gasteiger partial charge in [0.25, 0.3) is 5.91 Å². The maximum Gasteiger partial charge on any atom is 0.356 e. The van der Waals surface area contributed by atoms with Crippen molar-refractivity contribution in [1.82, 2.24) is 4.98 Å². The largest absolute Gasteiger partial charge is 0.508 e. The number of carbonyl (C=O) groups is 2. The average Bonchev–Trinajstić information content (AvgIpc) is 2.38. The van der Waals surface area contributed by atoms with Crippen LogP contribution in [0.4, 0.5) is 10.1 Å². The van der Waals surface area contributed by atoms with Gasteiger partial charge in [0.05, 0.1) is 11.3 Å². The summed E-state index contributed by atoms with van der Waals surface area (Å²) in [5.74, 6) is -3.38. The molecular weight excluding hydrogens is 267 g/mol. The van der Waals surface area contributed by atoms with Crippen LogP contribution in [-0.4, -0.2) is 27.1 Å². The summed E-state index contributed by atoms with van der Waals surface area (Å²) in [6, 6.07) is 5.81. The fraction of sp³-hybridized carbons (Fsp3) is 0. The van der Waals surface area contributed by atoms with Crippen LogP contribution in [0.25, 0.3) is 0 Å². The van der Waals surface area contributed by atoms with Crippen molar-refractivity contribution in [1.29, 1.82) is 0 Å². The first kappa shape index (κ1) is 13.5. The molecule has 20 heavy (non-hydrogen) atoms. The van der Waals surface area contributed by atoms with E-state index in [1.54, 1.807) is 0 Å². The zero-order valence-corrected chi connectivity index (χ0v) is 10.0. The lowest BCUT2D eigenvalue weighted by Crippen LogP contribution is -2.16. The van der Waals surface area contributed by atoms with Crippen LogP contribution in [0.5, 0.6) is 5.75 Å². The summed E-state index contributed by atoms with van der Waals surface area (Å²) in [6.45, 7) is 0. The third-order valence-electron chi connectivity index (χ3n) is 2.46. The SMILES string of the molecule is O=C(Nc1cccnc1C(=O)O)c1ccc(O)cc1F. The fourth-order valence-electron chi connectivity index (χ4n) is 1.55. The number of rotatable bonds is 3. The Hall–Kier alpha value is -2.96. The van der Waals surface area contributed by atoms with Crippen molar-refractivity contribution in [3.05, 3.63) is 53.6 Å². The van der Waals surface area contributed by atoms with E-state index < -0.39 is 17.7 Å². The number of phenolic OH excluding ortho intramolecular Hbond substituents is 1. The molecule has 0 spiro atoms. The van der Waals surface area contributed by atoms with Crippen molar-refractivity contribution in [3.63, 3.8) is 0 Å². The first-order chi connectivity index (χ1) is 9.49. The smallest absolute Gasteiger partial charge is 0.356 e. The fourth-order valence-corrected chi connectivity index (χ4v) is 1.55. The van der Waals surface area contributed by atoms with Crippen LogP contribution in [0, 0.1) is 5.82 Å². The second-order valence-electron chi connectivity index (χ2n) is 3.82. The van der Waals surface area contributed by atoms with Gasteiger partial charge in [-0.2, -0.15) is 0 Å². The van der Waals surface area contributed by atoms with Crippen LogP contribution in [-0.2, 0) is 0 Å². The van der Waals surface area contributed by atoms with E-state index >= 15 is 0 Å². The maximum atomic E-state index is 13.5. The Kier molecular flexibility index (Phi) is 3.60. The predicted molar refractivity (Wildman–Crippen MR) is 67.2 cm³/mol. The number of aromatic hydroxyl groups is 1. The van der Waals surface area contributed by atoms with Gasteiger partial charge >= 0.3 is 5.97 Å². The van der Waals surface area contributed by atoms with E-state index in [9.17, 15) is 14.0 Å². The highest BCUT2D eigenvalue weighted by atomic mass is 19.1. The van der Waals surface area contributed by atoms with Crippen LogP contribution in [0.15, 0.2) is 36.5 Å². The van der Waals surface area contributed by atoms with E-state index in [4.69, 9.17) is 10.2 Å². The van der Waals surface area contributed by atoms with Crippen molar-refractivity contribution < 1.29 is 24.2 Å². The highest BCUT2D eigenvalue weighted by molar-refractivity contribution is 6.07. The number of benzene rings is 1. The minimum absolute atomic E-state index is 0.0440. The van der Waals surface area contributed by atoms with Crippen LogP contribution in [0.2, 0.25) is 0 Å². The van der Waals surface area contributed by atoms with Crippen LogP contribution in [0.3, 0.4) is 0 Å². The van der Waals surface area contributed by atoms with E-state index in [2.05, 4.69) is 10.3 Å². The molecular formula is C13H9FN2O4. The predicted octanol–water partition coefficient (Wildman–Crippen LogP) is 1.88. The van der Waals surface area contributed by atoms with E-state index in [-0.39, 0.29) is 22.7 Å². The summed E-state index contributed by atoms with van der Waals surface area (Å²) in [4.78, 5) is 26.4. The number of phenols is 1. The molecule has 0 aliphatic rings. The quantitative estimate of drug-likeness (QED) is 0.794. The number of halogens is 1. The molecule has 0 unspecified atom stereocenters. The average molecular weight is 276 g/mol. The molecule has 7 heteroatoms. The molecule has 0 aliphatic carbocycles. The van der Waals surface area contributed by atoms with E-state index in [0.717, 1.165) is 18.2 Å². The number of amides is 1. The lowest BCUT2D eigenvalue weighted by atomic mass is 10.2. The lowest BCUT2D eigenvalue weighted by molar-refractivity contribution is 0.0691. The molecule has 1 aromatic carbocycles. The molecule has 0 atom stereocenters. The first-order valence-electron chi connectivity index (χ1n) is 5.47. The standard InChI is InChI=1S/C13H9FN2O4/c14-9-6-7(17)3-4-8(9)12(18)16-10-2-1-5-15-11(10)13(19)20/h1-6,17H,(H,16,18)(H,19,20). The summed E-state index contributed by atoms with van der Waals surface area (Å²) < 4.78 is 13.5. The van der Waals surface area contributed by atoms with Crippen molar-refractivity contribution >= 4 is 17.6 Å². The first-order valence-corrected chi connectivity index (χ1v) is 5.47. The van der Waals surface area contributed by atoms with Gasteiger partial charge in [-0.3, -0.25) is 4.79 Å². The topological polar surface area (TPSA) is 99.5 Å². The summed E-state index contributed by atoms with van der Waals surface area (Å²) >= 11 is 0. The summed E-state index contributed by atoms with van der Waals surface area (Å²) in [7, 11) is 0. The van der Waals surface area contributed by atoms with Gasteiger partial charge < -0.3 is 15.5 Å². The maximum absolute atomic E-state index is 13.5. The number of carboxylic acids is 1. The number of carbonyl (C=O) groups excluding carboxylic acids is 1. The summed E-state index contributed by atoms with van der Waals surface area (Å²) in [6.07, 6.45) is 1.26. The normalized spacial score (nSPS) is 10.1. The van der Waals surface area contributed by atoms with Gasteiger partial charge in [0.1, 0.15) is 11.6 Å². The van der Waals surface area contributed by atoms with Crippen molar-refractivity contribution in [3.8, 4) is 5.75 Å². The Labute approximate surface area is 112 Å². The molecule has 6 nitrogen and oxygen atoms in total. The van der Waals surface area contributed by atoms with Gasteiger partial charge in [-0.25, -0.2) is 14.2 Å². The molecule has 0 fully saturated rings. The van der Waals surface area contributed by atoms with Crippen LogP contribution < -0.4 is 5.32 Å².